The zero-order chi connectivity index (χ0) is 17.1. The van der Waals surface area contributed by atoms with Gasteiger partial charge in [0.05, 0.1) is 11.8 Å². The number of aromatic nitrogens is 2. The fourth-order valence-electron chi connectivity index (χ4n) is 3.80. The predicted molar refractivity (Wildman–Crippen MR) is 96.5 cm³/mol. The SMILES string of the molecule is O=C(NCC1CCCO1)c1nc(-c2ccccc2)n2c1CCCCC2. The summed E-state index contributed by atoms with van der Waals surface area (Å²) < 4.78 is 7.86. The molecule has 1 fully saturated rings. The molecule has 1 unspecified atom stereocenters. The Morgan fingerprint density at radius 2 is 2.08 bits per heavy atom. The average molecular weight is 339 g/mol. The van der Waals surface area contributed by atoms with Crippen molar-refractivity contribution in [2.24, 2.45) is 0 Å². The smallest absolute Gasteiger partial charge is 0.271 e. The Kier molecular flexibility index (Phi) is 4.83. The van der Waals surface area contributed by atoms with Crippen molar-refractivity contribution in [3.8, 4) is 11.4 Å². The first-order chi connectivity index (χ1) is 12.3. The molecule has 25 heavy (non-hydrogen) atoms. The van der Waals surface area contributed by atoms with E-state index in [2.05, 4.69) is 22.0 Å². The van der Waals surface area contributed by atoms with Gasteiger partial charge in [0, 0.05) is 25.3 Å². The molecular weight excluding hydrogens is 314 g/mol. The first kappa shape index (κ1) is 16.3. The first-order valence-corrected chi connectivity index (χ1v) is 9.37. The van der Waals surface area contributed by atoms with E-state index in [0.29, 0.717) is 12.2 Å². The summed E-state index contributed by atoms with van der Waals surface area (Å²) in [5.41, 5.74) is 2.75. The second kappa shape index (κ2) is 7.40. The number of carbonyl (C=O) groups excluding carboxylic acids is 1. The van der Waals surface area contributed by atoms with Gasteiger partial charge in [-0.3, -0.25) is 4.79 Å². The van der Waals surface area contributed by atoms with E-state index >= 15 is 0 Å². The zero-order valence-corrected chi connectivity index (χ0v) is 14.5. The van der Waals surface area contributed by atoms with Crippen molar-refractivity contribution in [2.45, 2.75) is 51.2 Å². The normalized spacial score (nSPS) is 20.1. The predicted octanol–water partition coefficient (Wildman–Crippen LogP) is 3.19. The van der Waals surface area contributed by atoms with E-state index in [4.69, 9.17) is 9.72 Å². The van der Waals surface area contributed by atoms with Gasteiger partial charge in [-0.2, -0.15) is 0 Å². The van der Waals surface area contributed by atoms with Crippen molar-refractivity contribution in [2.75, 3.05) is 13.2 Å². The molecule has 0 bridgehead atoms. The van der Waals surface area contributed by atoms with Gasteiger partial charge in [-0.25, -0.2) is 4.98 Å². The molecule has 132 valence electrons. The second-order valence-corrected chi connectivity index (χ2v) is 6.90. The molecule has 1 atom stereocenters. The van der Waals surface area contributed by atoms with E-state index in [0.717, 1.165) is 62.3 Å². The molecule has 2 aromatic rings. The van der Waals surface area contributed by atoms with Gasteiger partial charge in [0.1, 0.15) is 11.5 Å². The number of fused-ring (bicyclic) bond motifs is 1. The number of hydrogen-bond acceptors (Lipinski definition) is 3. The van der Waals surface area contributed by atoms with Gasteiger partial charge in [-0.05, 0) is 32.1 Å². The molecule has 3 heterocycles. The Bertz CT molecular complexity index is 733. The van der Waals surface area contributed by atoms with E-state index in [1.54, 1.807) is 0 Å². The van der Waals surface area contributed by atoms with Crippen LogP contribution in [0.2, 0.25) is 0 Å². The largest absolute Gasteiger partial charge is 0.376 e. The van der Waals surface area contributed by atoms with Crippen LogP contribution < -0.4 is 5.32 Å². The number of imidazole rings is 1. The molecule has 0 aliphatic carbocycles. The number of nitrogens with one attached hydrogen (secondary N) is 1. The lowest BCUT2D eigenvalue weighted by molar-refractivity contribution is 0.0853. The summed E-state index contributed by atoms with van der Waals surface area (Å²) in [4.78, 5) is 17.5. The van der Waals surface area contributed by atoms with Gasteiger partial charge in [-0.1, -0.05) is 36.8 Å². The van der Waals surface area contributed by atoms with Crippen molar-refractivity contribution in [3.05, 3.63) is 41.7 Å². The topological polar surface area (TPSA) is 56.1 Å². The van der Waals surface area contributed by atoms with Crippen LogP contribution in [0.3, 0.4) is 0 Å². The van der Waals surface area contributed by atoms with Crippen molar-refractivity contribution < 1.29 is 9.53 Å². The van der Waals surface area contributed by atoms with Crippen LogP contribution in [0.15, 0.2) is 30.3 Å². The lowest BCUT2D eigenvalue weighted by Crippen LogP contribution is -2.32. The number of hydrogen-bond donors (Lipinski definition) is 1. The molecule has 1 aromatic carbocycles. The fourth-order valence-corrected chi connectivity index (χ4v) is 3.80. The van der Waals surface area contributed by atoms with E-state index in [9.17, 15) is 4.79 Å². The van der Waals surface area contributed by atoms with E-state index in [1.807, 2.05) is 18.2 Å². The molecule has 1 aromatic heterocycles. The molecule has 0 spiro atoms. The molecule has 5 nitrogen and oxygen atoms in total. The highest BCUT2D eigenvalue weighted by atomic mass is 16.5. The Balaban J connectivity index is 1.62. The number of ether oxygens (including phenoxy) is 1. The summed E-state index contributed by atoms with van der Waals surface area (Å²) in [6.45, 7) is 2.32. The van der Waals surface area contributed by atoms with Crippen LogP contribution in [0.5, 0.6) is 0 Å². The lowest BCUT2D eigenvalue weighted by atomic mass is 10.1. The molecule has 1 amide bonds. The molecule has 2 aliphatic rings. The van der Waals surface area contributed by atoms with Crippen LogP contribution in [0, 0.1) is 0 Å². The summed E-state index contributed by atoms with van der Waals surface area (Å²) >= 11 is 0. The van der Waals surface area contributed by atoms with Crippen LogP contribution in [0.1, 0.15) is 48.3 Å². The zero-order valence-electron chi connectivity index (χ0n) is 14.5. The Labute approximate surface area is 148 Å². The van der Waals surface area contributed by atoms with Gasteiger partial charge in [0.2, 0.25) is 0 Å². The Hall–Kier alpha value is -2.14. The van der Waals surface area contributed by atoms with Gasteiger partial charge in [0.25, 0.3) is 5.91 Å². The molecule has 1 saturated heterocycles. The summed E-state index contributed by atoms with van der Waals surface area (Å²) in [5, 5.41) is 3.04. The molecule has 4 rings (SSSR count). The van der Waals surface area contributed by atoms with Gasteiger partial charge in [-0.15, -0.1) is 0 Å². The summed E-state index contributed by atoms with van der Waals surface area (Å²) in [7, 11) is 0. The minimum atomic E-state index is -0.0664. The maximum Gasteiger partial charge on any atom is 0.271 e. The van der Waals surface area contributed by atoms with Crippen LogP contribution in [-0.2, 0) is 17.7 Å². The number of carbonyl (C=O) groups is 1. The molecular formula is C20H25N3O2. The van der Waals surface area contributed by atoms with Gasteiger partial charge < -0.3 is 14.6 Å². The van der Waals surface area contributed by atoms with Crippen LogP contribution >= 0.6 is 0 Å². The van der Waals surface area contributed by atoms with Crippen LogP contribution in [0.25, 0.3) is 11.4 Å². The number of amides is 1. The van der Waals surface area contributed by atoms with Crippen molar-refractivity contribution in [1.82, 2.24) is 14.9 Å². The minimum absolute atomic E-state index is 0.0664. The summed E-state index contributed by atoms with van der Waals surface area (Å²) in [6.07, 6.45) is 6.63. The maximum absolute atomic E-state index is 12.8. The fraction of sp³-hybridized carbons (Fsp3) is 0.500. The third kappa shape index (κ3) is 3.47. The van der Waals surface area contributed by atoms with E-state index in [-0.39, 0.29) is 12.0 Å². The second-order valence-electron chi connectivity index (χ2n) is 6.90. The maximum atomic E-state index is 12.8. The molecule has 0 radical (unpaired) electrons. The molecule has 0 saturated carbocycles. The number of rotatable bonds is 4. The number of nitrogens with zero attached hydrogens (tertiary/aromatic N) is 2. The highest BCUT2D eigenvalue weighted by molar-refractivity contribution is 5.94. The van der Waals surface area contributed by atoms with E-state index < -0.39 is 0 Å². The average Bonchev–Trinajstić information content (AvgIpc) is 3.23. The number of benzene rings is 1. The molecule has 1 N–H and O–H groups in total. The van der Waals surface area contributed by atoms with E-state index in [1.165, 1.54) is 6.42 Å². The Morgan fingerprint density at radius 1 is 1.20 bits per heavy atom. The summed E-state index contributed by atoms with van der Waals surface area (Å²) in [5.74, 6) is 0.850. The van der Waals surface area contributed by atoms with Gasteiger partial charge >= 0.3 is 0 Å². The van der Waals surface area contributed by atoms with Crippen molar-refractivity contribution >= 4 is 5.91 Å². The summed E-state index contributed by atoms with van der Waals surface area (Å²) in [6, 6.07) is 10.2. The Morgan fingerprint density at radius 3 is 2.88 bits per heavy atom. The van der Waals surface area contributed by atoms with Gasteiger partial charge in [0.15, 0.2) is 0 Å². The van der Waals surface area contributed by atoms with Crippen molar-refractivity contribution in [3.63, 3.8) is 0 Å². The molecule has 2 aliphatic heterocycles. The van der Waals surface area contributed by atoms with Crippen molar-refractivity contribution in [1.29, 1.82) is 0 Å². The van der Waals surface area contributed by atoms with Crippen LogP contribution in [0.4, 0.5) is 0 Å². The highest BCUT2D eigenvalue weighted by Gasteiger charge is 2.25. The third-order valence-electron chi connectivity index (χ3n) is 5.13. The van der Waals surface area contributed by atoms with Crippen LogP contribution in [-0.4, -0.2) is 34.7 Å². The minimum Gasteiger partial charge on any atom is -0.376 e. The third-order valence-corrected chi connectivity index (χ3v) is 5.13. The standard InChI is InChI=1S/C20H25N3O2/c24-20(21-14-16-10-7-13-25-16)18-17-11-5-2-6-12-23(17)19(22-18)15-8-3-1-4-9-15/h1,3-4,8-9,16H,2,5-7,10-14H2,(H,21,24). The quantitative estimate of drug-likeness (QED) is 0.931. The highest BCUT2D eigenvalue weighted by Crippen LogP contribution is 2.27. The lowest BCUT2D eigenvalue weighted by Gasteiger charge is -2.11. The monoisotopic (exact) mass is 339 g/mol. The first-order valence-electron chi connectivity index (χ1n) is 9.37. The molecule has 5 heteroatoms.